The standard InChI is InChI=1S/C18H16N2O2S/c1-10-3-6-13(11(2)16(10)15-7-8-22-20-15)17(21)14-9-19-23-18(14)12-4-5-12/h3,6-9,12H,4-5H2,1-2H3. The first-order valence-corrected chi connectivity index (χ1v) is 8.44. The van der Waals surface area contributed by atoms with Crippen LogP contribution in [0.1, 0.15) is 50.7 Å². The van der Waals surface area contributed by atoms with Crippen LogP contribution in [0.3, 0.4) is 0 Å². The lowest BCUT2D eigenvalue weighted by Crippen LogP contribution is -2.06. The van der Waals surface area contributed by atoms with Crippen LogP contribution in [0.2, 0.25) is 0 Å². The third-order valence-corrected chi connectivity index (χ3v) is 5.36. The topological polar surface area (TPSA) is 56.0 Å². The number of aromatic nitrogens is 2. The van der Waals surface area contributed by atoms with Crippen LogP contribution in [0.4, 0.5) is 0 Å². The van der Waals surface area contributed by atoms with E-state index in [-0.39, 0.29) is 5.78 Å². The molecule has 2 heterocycles. The Bertz CT molecular complexity index is 877. The van der Waals surface area contributed by atoms with E-state index in [9.17, 15) is 4.79 Å². The number of ketones is 1. The molecule has 0 amide bonds. The first kappa shape index (κ1) is 14.3. The summed E-state index contributed by atoms with van der Waals surface area (Å²) in [6.45, 7) is 3.99. The van der Waals surface area contributed by atoms with Crippen molar-refractivity contribution in [3.05, 3.63) is 57.8 Å². The maximum atomic E-state index is 13.0. The van der Waals surface area contributed by atoms with Crippen molar-refractivity contribution < 1.29 is 9.32 Å². The Balaban J connectivity index is 1.81. The molecule has 0 aliphatic heterocycles. The van der Waals surface area contributed by atoms with Gasteiger partial charge < -0.3 is 4.52 Å². The Hall–Kier alpha value is -2.27. The first-order valence-electron chi connectivity index (χ1n) is 7.67. The summed E-state index contributed by atoms with van der Waals surface area (Å²) in [5.74, 6) is 0.588. The van der Waals surface area contributed by atoms with Crippen LogP contribution in [-0.2, 0) is 0 Å². The first-order chi connectivity index (χ1) is 11.2. The number of hydrogen-bond donors (Lipinski definition) is 0. The quantitative estimate of drug-likeness (QED) is 0.662. The zero-order chi connectivity index (χ0) is 16.0. The van der Waals surface area contributed by atoms with Gasteiger partial charge in [0.2, 0.25) is 0 Å². The molecule has 0 bridgehead atoms. The molecule has 23 heavy (non-hydrogen) atoms. The Morgan fingerprint density at radius 1 is 1.22 bits per heavy atom. The molecule has 0 unspecified atom stereocenters. The maximum Gasteiger partial charge on any atom is 0.196 e. The smallest absolute Gasteiger partial charge is 0.196 e. The fourth-order valence-corrected chi connectivity index (χ4v) is 3.93. The number of nitrogens with zero attached hydrogens (tertiary/aromatic N) is 2. The lowest BCUT2D eigenvalue weighted by Gasteiger charge is -2.12. The Kier molecular flexibility index (Phi) is 3.38. The van der Waals surface area contributed by atoms with Gasteiger partial charge in [-0.1, -0.05) is 17.3 Å². The van der Waals surface area contributed by atoms with Crippen molar-refractivity contribution >= 4 is 17.3 Å². The summed E-state index contributed by atoms with van der Waals surface area (Å²) in [6.07, 6.45) is 5.60. The SMILES string of the molecule is Cc1ccc(C(=O)c2cnsc2C2CC2)c(C)c1-c1ccon1. The number of carbonyl (C=O) groups excluding carboxylic acids is 1. The van der Waals surface area contributed by atoms with Gasteiger partial charge in [0.15, 0.2) is 5.78 Å². The van der Waals surface area contributed by atoms with E-state index in [2.05, 4.69) is 9.53 Å². The highest BCUT2D eigenvalue weighted by molar-refractivity contribution is 7.06. The molecular weight excluding hydrogens is 308 g/mol. The molecule has 4 nitrogen and oxygen atoms in total. The highest BCUT2D eigenvalue weighted by Crippen LogP contribution is 2.44. The zero-order valence-corrected chi connectivity index (χ0v) is 13.8. The number of hydrogen-bond acceptors (Lipinski definition) is 5. The molecule has 4 rings (SSSR count). The summed E-state index contributed by atoms with van der Waals surface area (Å²) < 4.78 is 9.21. The molecule has 0 N–H and O–H groups in total. The van der Waals surface area contributed by atoms with Crippen molar-refractivity contribution in [3.8, 4) is 11.3 Å². The van der Waals surface area contributed by atoms with E-state index in [1.54, 1.807) is 12.5 Å². The Morgan fingerprint density at radius 2 is 2.04 bits per heavy atom. The van der Waals surface area contributed by atoms with Gasteiger partial charge in [0, 0.05) is 22.1 Å². The lowest BCUT2D eigenvalue weighted by molar-refractivity contribution is 0.103. The number of carbonyl (C=O) groups is 1. The average molecular weight is 324 g/mol. The monoisotopic (exact) mass is 324 g/mol. The van der Waals surface area contributed by atoms with Gasteiger partial charge in [-0.15, -0.1) is 0 Å². The van der Waals surface area contributed by atoms with Crippen molar-refractivity contribution in [2.45, 2.75) is 32.6 Å². The predicted octanol–water partition coefficient (Wildman–Crippen LogP) is 4.52. The molecule has 116 valence electrons. The third kappa shape index (κ3) is 2.41. The summed E-state index contributed by atoms with van der Waals surface area (Å²) in [4.78, 5) is 14.2. The largest absolute Gasteiger partial charge is 0.364 e. The van der Waals surface area contributed by atoms with Crippen LogP contribution >= 0.6 is 11.5 Å². The minimum absolute atomic E-state index is 0.0582. The highest BCUT2D eigenvalue weighted by Gasteiger charge is 2.31. The second kappa shape index (κ2) is 5.42. The van der Waals surface area contributed by atoms with E-state index in [4.69, 9.17) is 4.52 Å². The second-order valence-electron chi connectivity index (χ2n) is 6.02. The molecule has 0 spiro atoms. The third-order valence-electron chi connectivity index (χ3n) is 4.40. The van der Waals surface area contributed by atoms with Crippen molar-refractivity contribution in [2.75, 3.05) is 0 Å². The molecule has 0 atom stereocenters. The van der Waals surface area contributed by atoms with Gasteiger partial charge in [0.05, 0.1) is 11.8 Å². The van der Waals surface area contributed by atoms with Crippen molar-refractivity contribution in [2.24, 2.45) is 0 Å². The van der Waals surface area contributed by atoms with Crippen LogP contribution < -0.4 is 0 Å². The molecule has 0 radical (unpaired) electrons. The molecule has 5 heteroatoms. The van der Waals surface area contributed by atoms with Crippen molar-refractivity contribution in [1.29, 1.82) is 0 Å². The molecular formula is C18H16N2O2S. The Morgan fingerprint density at radius 3 is 2.74 bits per heavy atom. The Labute approximate surface area is 138 Å². The summed E-state index contributed by atoms with van der Waals surface area (Å²) in [7, 11) is 0. The van der Waals surface area contributed by atoms with E-state index in [0.29, 0.717) is 5.92 Å². The van der Waals surface area contributed by atoms with Gasteiger partial charge in [-0.25, -0.2) is 4.37 Å². The van der Waals surface area contributed by atoms with Crippen LogP contribution in [0.25, 0.3) is 11.3 Å². The van der Waals surface area contributed by atoms with Gasteiger partial charge in [-0.2, -0.15) is 0 Å². The molecule has 2 aromatic heterocycles. The molecule has 3 aromatic rings. The van der Waals surface area contributed by atoms with E-state index >= 15 is 0 Å². The van der Waals surface area contributed by atoms with E-state index in [1.165, 1.54) is 24.4 Å². The summed E-state index contributed by atoms with van der Waals surface area (Å²) in [5.41, 5.74) is 5.24. The van der Waals surface area contributed by atoms with E-state index in [1.807, 2.05) is 32.0 Å². The fraction of sp³-hybridized carbons (Fsp3) is 0.278. The molecule has 1 aromatic carbocycles. The summed E-state index contributed by atoms with van der Waals surface area (Å²) in [6, 6.07) is 5.71. The minimum atomic E-state index is 0.0582. The zero-order valence-electron chi connectivity index (χ0n) is 13.0. The normalized spacial score (nSPS) is 14.2. The van der Waals surface area contributed by atoms with Crippen molar-refractivity contribution in [1.82, 2.24) is 9.53 Å². The molecule has 1 fully saturated rings. The van der Waals surface area contributed by atoms with Crippen LogP contribution in [0.15, 0.2) is 35.2 Å². The van der Waals surface area contributed by atoms with Crippen LogP contribution in [-0.4, -0.2) is 15.3 Å². The number of rotatable bonds is 4. The maximum absolute atomic E-state index is 13.0. The van der Waals surface area contributed by atoms with Crippen LogP contribution in [0.5, 0.6) is 0 Å². The van der Waals surface area contributed by atoms with Gasteiger partial charge in [-0.05, 0) is 55.3 Å². The number of aryl methyl sites for hydroxylation is 1. The van der Waals surface area contributed by atoms with Gasteiger partial charge >= 0.3 is 0 Å². The van der Waals surface area contributed by atoms with Gasteiger partial charge in [0.1, 0.15) is 12.0 Å². The number of benzene rings is 1. The van der Waals surface area contributed by atoms with E-state index in [0.717, 1.165) is 38.4 Å². The van der Waals surface area contributed by atoms with E-state index < -0.39 is 0 Å². The highest BCUT2D eigenvalue weighted by atomic mass is 32.1. The lowest BCUT2D eigenvalue weighted by atomic mass is 9.91. The molecule has 0 saturated heterocycles. The molecule has 1 aliphatic carbocycles. The average Bonchev–Trinajstić information content (AvgIpc) is 3.04. The predicted molar refractivity (Wildman–Crippen MR) is 88.9 cm³/mol. The van der Waals surface area contributed by atoms with Crippen molar-refractivity contribution in [3.63, 3.8) is 0 Å². The second-order valence-corrected chi connectivity index (χ2v) is 6.86. The van der Waals surface area contributed by atoms with Gasteiger partial charge in [0.25, 0.3) is 0 Å². The molecule has 1 saturated carbocycles. The van der Waals surface area contributed by atoms with Gasteiger partial charge in [-0.3, -0.25) is 4.79 Å². The van der Waals surface area contributed by atoms with Crippen LogP contribution in [0, 0.1) is 13.8 Å². The molecule has 1 aliphatic rings. The minimum Gasteiger partial charge on any atom is -0.364 e. The summed E-state index contributed by atoms with van der Waals surface area (Å²) >= 11 is 1.46. The summed E-state index contributed by atoms with van der Waals surface area (Å²) in [5, 5.41) is 4.03. The fourth-order valence-electron chi connectivity index (χ4n) is 3.03.